The molecular formula is C29H33N3O4. The van der Waals surface area contributed by atoms with Crippen molar-refractivity contribution >= 4 is 5.91 Å². The molecule has 3 aromatic rings. The molecule has 2 aliphatic heterocycles. The van der Waals surface area contributed by atoms with Crippen LogP contribution in [-0.2, 0) is 26.2 Å². The van der Waals surface area contributed by atoms with Crippen molar-refractivity contribution < 1.29 is 19.7 Å². The first kappa shape index (κ1) is 24.2. The molecule has 0 bridgehead atoms. The maximum absolute atomic E-state index is 13.8. The lowest BCUT2D eigenvalue weighted by atomic mass is 10.0. The Morgan fingerprint density at radius 1 is 0.944 bits per heavy atom. The summed E-state index contributed by atoms with van der Waals surface area (Å²) in [5.41, 5.74) is 5.02. The van der Waals surface area contributed by atoms with Gasteiger partial charge in [0.1, 0.15) is 29.4 Å². The summed E-state index contributed by atoms with van der Waals surface area (Å²) in [6.45, 7) is 7.93. The first-order chi connectivity index (χ1) is 17.4. The molecule has 0 aromatic heterocycles. The average molecular weight is 488 g/mol. The number of fused-ring (bicyclic) bond motifs is 1. The zero-order valence-corrected chi connectivity index (χ0v) is 20.9. The Kier molecular flexibility index (Phi) is 6.85. The van der Waals surface area contributed by atoms with Crippen LogP contribution in [0.3, 0.4) is 0 Å². The molecule has 2 aliphatic rings. The van der Waals surface area contributed by atoms with Crippen LogP contribution in [0.1, 0.15) is 38.2 Å². The molecule has 0 unspecified atom stereocenters. The van der Waals surface area contributed by atoms with E-state index in [1.165, 1.54) is 17.2 Å². The number of aromatic hydroxyl groups is 2. The zero-order valence-electron chi connectivity index (χ0n) is 20.9. The summed E-state index contributed by atoms with van der Waals surface area (Å²) in [6.07, 6.45) is 0. The van der Waals surface area contributed by atoms with E-state index in [0.717, 1.165) is 43.9 Å². The van der Waals surface area contributed by atoms with Gasteiger partial charge in [0.05, 0.1) is 0 Å². The molecule has 0 atom stereocenters. The van der Waals surface area contributed by atoms with E-state index in [4.69, 9.17) is 4.74 Å². The smallest absolute Gasteiger partial charge is 0.262 e. The van der Waals surface area contributed by atoms with Gasteiger partial charge in [-0.3, -0.25) is 9.69 Å². The van der Waals surface area contributed by atoms with Crippen molar-refractivity contribution in [2.45, 2.75) is 33.2 Å². The SMILES string of the molecule is Cc1c(O)cc(O)c(C(=O)N2Cc3cccc(CN4CCN(C)CC4)c3C2)c1OCc1ccccc1. The van der Waals surface area contributed by atoms with Crippen LogP contribution >= 0.6 is 0 Å². The third kappa shape index (κ3) is 4.90. The molecule has 7 nitrogen and oxygen atoms in total. The minimum absolute atomic E-state index is 0.0923. The third-order valence-electron chi connectivity index (χ3n) is 7.28. The quantitative estimate of drug-likeness (QED) is 0.550. The number of phenolic OH excluding ortho intramolecular Hbond substituents is 2. The Morgan fingerprint density at radius 2 is 1.69 bits per heavy atom. The summed E-state index contributed by atoms with van der Waals surface area (Å²) in [4.78, 5) is 20.3. The number of hydrogen-bond acceptors (Lipinski definition) is 6. The molecular weight excluding hydrogens is 454 g/mol. The summed E-state index contributed by atoms with van der Waals surface area (Å²) in [7, 11) is 2.15. The second kappa shape index (κ2) is 10.2. The van der Waals surface area contributed by atoms with Crippen LogP contribution in [0, 0.1) is 6.92 Å². The molecule has 3 aromatic carbocycles. The fraction of sp³-hybridized carbons (Fsp3) is 0.345. The van der Waals surface area contributed by atoms with E-state index in [1.54, 1.807) is 11.8 Å². The van der Waals surface area contributed by atoms with E-state index in [1.807, 2.05) is 30.3 Å². The minimum Gasteiger partial charge on any atom is -0.507 e. The number of rotatable bonds is 6. The molecule has 1 fully saturated rings. The Hall–Kier alpha value is -3.55. The predicted molar refractivity (Wildman–Crippen MR) is 138 cm³/mol. The molecule has 0 aliphatic carbocycles. The number of amides is 1. The predicted octanol–water partition coefficient (Wildman–Crippen LogP) is 3.89. The normalized spacial score (nSPS) is 16.2. The van der Waals surface area contributed by atoms with Gasteiger partial charge in [-0.15, -0.1) is 0 Å². The average Bonchev–Trinajstić information content (AvgIpc) is 3.32. The van der Waals surface area contributed by atoms with Crippen LogP contribution in [0.4, 0.5) is 0 Å². The van der Waals surface area contributed by atoms with Gasteiger partial charge < -0.3 is 24.7 Å². The fourth-order valence-corrected chi connectivity index (χ4v) is 5.04. The molecule has 5 rings (SSSR count). The van der Waals surface area contributed by atoms with E-state index < -0.39 is 0 Å². The molecule has 2 N–H and O–H groups in total. The second-order valence-corrected chi connectivity index (χ2v) is 9.81. The van der Waals surface area contributed by atoms with E-state index in [2.05, 4.69) is 35.0 Å². The first-order valence-corrected chi connectivity index (χ1v) is 12.4. The molecule has 0 spiro atoms. The minimum atomic E-state index is -0.305. The zero-order chi connectivity index (χ0) is 25.2. The number of hydrogen-bond donors (Lipinski definition) is 2. The molecule has 2 heterocycles. The number of ether oxygens (including phenoxy) is 1. The number of phenols is 2. The van der Waals surface area contributed by atoms with Crippen LogP contribution in [-0.4, -0.2) is 64.0 Å². The van der Waals surface area contributed by atoms with Crippen LogP contribution < -0.4 is 4.74 Å². The van der Waals surface area contributed by atoms with Crippen molar-refractivity contribution in [3.05, 3.63) is 88.0 Å². The topological polar surface area (TPSA) is 76.5 Å². The van der Waals surface area contributed by atoms with Crippen molar-refractivity contribution in [2.24, 2.45) is 0 Å². The molecule has 1 saturated heterocycles. The summed E-state index contributed by atoms with van der Waals surface area (Å²) in [5, 5.41) is 21.1. The van der Waals surface area contributed by atoms with Crippen molar-refractivity contribution in [2.75, 3.05) is 33.2 Å². The van der Waals surface area contributed by atoms with Crippen molar-refractivity contribution in [3.8, 4) is 17.2 Å². The molecule has 0 saturated carbocycles. The lowest BCUT2D eigenvalue weighted by Crippen LogP contribution is -2.44. The molecule has 1 amide bonds. The van der Waals surface area contributed by atoms with E-state index in [9.17, 15) is 15.0 Å². The van der Waals surface area contributed by atoms with Gasteiger partial charge in [0.25, 0.3) is 5.91 Å². The fourth-order valence-electron chi connectivity index (χ4n) is 5.04. The van der Waals surface area contributed by atoms with Crippen molar-refractivity contribution in [1.29, 1.82) is 0 Å². The Labute approximate surface area is 212 Å². The molecule has 188 valence electrons. The van der Waals surface area contributed by atoms with Gasteiger partial charge in [0.15, 0.2) is 0 Å². The standard InChI is InChI=1S/C29H33N3O4/c1-20-25(33)15-26(34)27(28(20)36-19-21-7-4-3-5-8-21)29(35)32-17-23-10-6-9-22(24(23)18-32)16-31-13-11-30(2)12-14-31/h3-10,15,33-34H,11-14,16-19H2,1-2H3. The number of likely N-dealkylation sites (N-methyl/N-ethyl adjacent to an activating group) is 1. The highest BCUT2D eigenvalue weighted by atomic mass is 16.5. The van der Waals surface area contributed by atoms with Gasteiger partial charge in [-0.1, -0.05) is 48.5 Å². The molecule has 0 radical (unpaired) electrons. The van der Waals surface area contributed by atoms with Crippen molar-refractivity contribution in [1.82, 2.24) is 14.7 Å². The van der Waals surface area contributed by atoms with Crippen LogP contribution in [0.25, 0.3) is 0 Å². The highest BCUT2D eigenvalue weighted by Gasteiger charge is 2.31. The number of nitrogens with zero attached hydrogens (tertiary/aromatic N) is 3. The number of carbonyl (C=O) groups is 1. The van der Waals surface area contributed by atoms with Gasteiger partial charge in [-0.2, -0.15) is 0 Å². The second-order valence-electron chi connectivity index (χ2n) is 9.81. The lowest BCUT2D eigenvalue weighted by Gasteiger charge is -2.32. The number of carbonyl (C=O) groups excluding carboxylic acids is 1. The highest BCUT2D eigenvalue weighted by molar-refractivity contribution is 6.00. The Balaban J connectivity index is 1.38. The number of benzene rings is 3. The maximum atomic E-state index is 13.8. The summed E-state index contributed by atoms with van der Waals surface area (Å²) in [5.74, 6) is -0.471. The van der Waals surface area contributed by atoms with E-state index in [0.29, 0.717) is 18.7 Å². The van der Waals surface area contributed by atoms with Gasteiger partial charge in [-0.25, -0.2) is 0 Å². The van der Waals surface area contributed by atoms with E-state index in [-0.39, 0.29) is 35.3 Å². The summed E-state index contributed by atoms with van der Waals surface area (Å²) < 4.78 is 6.03. The largest absolute Gasteiger partial charge is 0.507 e. The first-order valence-electron chi connectivity index (χ1n) is 12.4. The van der Waals surface area contributed by atoms with Crippen molar-refractivity contribution in [3.63, 3.8) is 0 Å². The van der Waals surface area contributed by atoms with Gasteiger partial charge >= 0.3 is 0 Å². The summed E-state index contributed by atoms with van der Waals surface area (Å²) >= 11 is 0. The van der Waals surface area contributed by atoms with Gasteiger partial charge in [-0.05, 0) is 36.2 Å². The monoisotopic (exact) mass is 487 g/mol. The Morgan fingerprint density at radius 3 is 2.44 bits per heavy atom. The Bertz CT molecular complexity index is 1250. The summed E-state index contributed by atoms with van der Waals surface area (Å²) in [6, 6.07) is 17.1. The molecule has 7 heteroatoms. The van der Waals surface area contributed by atoms with Crippen LogP contribution in [0.5, 0.6) is 17.2 Å². The van der Waals surface area contributed by atoms with Crippen LogP contribution in [0.2, 0.25) is 0 Å². The lowest BCUT2D eigenvalue weighted by molar-refractivity contribution is 0.0742. The number of piperazine rings is 1. The highest BCUT2D eigenvalue weighted by Crippen LogP contribution is 2.40. The third-order valence-corrected chi connectivity index (χ3v) is 7.28. The maximum Gasteiger partial charge on any atom is 0.262 e. The van der Waals surface area contributed by atoms with E-state index >= 15 is 0 Å². The van der Waals surface area contributed by atoms with Gasteiger partial charge in [0.2, 0.25) is 0 Å². The van der Waals surface area contributed by atoms with Crippen LogP contribution in [0.15, 0.2) is 54.6 Å². The molecule has 36 heavy (non-hydrogen) atoms. The van der Waals surface area contributed by atoms with Gasteiger partial charge in [0, 0.05) is 57.4 Å².